The number of hydrogen-bond acceptors (Lipinski definition) is 3. The molecule has 1 aliphatic carbocycles. The Hall–Kier alpha value is -0.970. The standard InChI is InChI=1S/C15H21ClN2O2.ClH/c1-10-7-12(5-6-13(10)16)20-9-15(19)18-14-4-2-3-11(14)8-17;/h5-7,11,14H,2-4,8-9,17H2,1H3,(H,18,19);1H. The van der Waals surface area contributed by atoms with Crippen LogP contribution in [0.2, 0.25) is 5.02 Å². The first kappa shape index (κ1) is 18.1. The van der Waals surface area contributed by atoms with Crippen LogP contribution in [0.5, 0.6) is 5.75 Å². The number of ether oxygens (including phenoxy) is 1. The predicted molar refractivity (Wildman–Crippen MR) is 87.3 cm³/mol. The zero-order chi connectivity index (χ0) is 14.5. The molecule has 4 nitrogen and oxygen atoms in total. The largest absolute Gasteiger partial charge is 0.484 e. The van der Waals surface area contributed by atoms with E-state index in [1.807, 2.05) is 13.0 Å². The van der Waals surface area contributed by atoms with E-state index in [1.165, 1.54) is 0 Å². The third kappa shape index (κ3) is 5.06. The van der Waals surface area contributed by atoms with Gasteiger partial charge in [0.2, 0.25) is 0 Å². The molecule has 1 amide bonds. The quantitative estimate of drug-likeness (QED) is 0.871. The fourth-order valence-corrected chi connectivity index (χ4v) is 2.73. The summed E-state index contributed by atoms with van der Waals surface area (Å²) in [5.41, 5.74) is 6.63. The Morgan fingerprint density at radius 2 is 2.24 bits per heavy atom. The summed E-state index contributed by atoms with van der Waals surface area (Å²) in [5, 5.41) is 3.70. The van der Waals surface area contributed by atoms with Gasteiger partial charge in [0.1, 0.15) is 5.75 Å². The summed E-state index contributed by atoms with van der Waals surface area (Å²) in [7, 11) is 0. The van der Waals surface area contributed by atoms with E-state index in [0.717, 1.165) is 24.8 Å². The molecule has 6 heteroatoms. The summed E-state index contributed by atoms with van der Waals surface area (Å²) in [4.78, 5) is 11.9. The summed E-state index contributed by atoms with van der Waals surface area (Å²) in [6.07, 6.45) is 3.23. The Balaban J connectivity index is 0.00000220. The molecular weight excluding hydrogens is 311 g/mol. The molecule has 0 radical (unpaired) electrons. The van der Waals surface area contributed by atoms with Gasteiger partial charge in [-0.15, -0.1) is 12.4 Å². The topological polar surface area (TPSA) is 64.3 Å². The number of benzene rings is 1. The first-order chi connectivity index (χ1) is 9.60. The van der Waals surface area contributed by atoms with E-state index in [-0.39, 0.29) is 31.0 Å². The summed E-state index contributed by atoms with van der Waals surface area (Å²) < 4.78 is 5.48. The van der Waals surface area contributed by atoms with Gasteiger partial charge in [-0.2, -0.15) is 0 Å². The van der Waals surface area contributed by atoms with Gasteiger partial charge in [0.15, 0.2) is 6.61 Å². The third-order valence-electron chi connectivity index (χ3n) is 3.81. The SMILES string of the molecule is Cc1cc(OCC(=O)NC2CCCC2CN)ccc1Cl.Cl. The Labute approximate surface area is 136 Å². The number of carbonyl (C=O) groups excluding carboxylic acids is 1. The second kappa shape index (κ2) is 8.47. The number of halogens is 2. The monoisotopic (exact) mass is 332 g/mol. The van der Waals surface area contributed by atoms with Crippen LogP contribution in [0, 0.1) is 12.8 Å². The molecule has 1 saturated carbocycles. The van der Waals surface area contributed by atoms with Crippen molar-refractivity contribution in [3.63, 3.8) is 0 Å². The number of nitrogens with two attached hydrogens (primary N) is 1. The number of hydrogen-bond donors (Lipinski definition) is 2. The van der Waals surface area contributed by atoms with E-state index in [4.69, 9.17) is 22.1 Å². The van der Waals surface area contributed by atoms with Crippen molar-refractivity contribution in [3.8, 4) is 5.75 Å². The lowest BCUT2D eigenvalue weighted by Gasteiger charge is -2.19. The molecule has 2 unspecified atom stereocenters. The summed E-state index contributed by atoms with van der Waals surface area (Å²) in [5.74, 6) is 0.962. The lowest BCUT2D eigenvalue weighted by atomic mass is 10.0. The maximum Gasteiger partial charge on any atom is 0.258 e. The average molecular weight is 333 g/mol. The summed E-state index contributed by atoms with van der Waals surface area (Å²) in [6, 6.07) is 5.56. The molecule has 1 aliphatic rings. The highest BCUT2D eigenvalue weighted by atomic mass is 35.5. The lowest BCUT2D eigenvalue weighted by molar-refractivity contribution is -0.124. The Morgan fingerprint density at radius 3 is 2.90 bits per heavy atom. The van der Waals surface area contributed by atoms with Crippen LogP contribution in [0.3, 0.4) is 0 Å². The highest BCUT2D eigenvalue weighted by Gasteiger charge is 2.27. The van der Waals surface area contributed by atoms with Gasteiger partial charge < -0.3 is 15.8 Å². The maximum absolute atomic E-state index is 11.9. The highest BCUT2D eigenvalue weighted by molar-refractivity contribution is 6.31. The van der Waals surface area contributed by atoms with Crippen molar-refractivity contribution >= 4 is 29.9 Å². The Bertz CT molecular complexity index is 483. The second-order valence-corrected chi connectivity index (χ2v) is 5.71. The molecule has 1 aromatic carbocycles. The van der Waals surface area contributed by atoms with Crippen LogP contribution in [0.4, 0.5) is 0 Å². The fourth-order valence-electron chi connectivity index (χ4n) is 2.61. The summed E-state index contributed by atoms with van der Waals surface area (Å²) >= 11 is 5.94. The molecule has 0 aromatic heterocycles. The van der Waals surface area contributed by atoms with Gasteiger partial charge in [-0.1, -0.05) is 18.0 Å². The van der Waals surface area contributed by atoms with Crippen molar-refractivity contribution < 1.29 is 9.53 Å². The minimum absolute atomic E-state index is 0. The fraction of sp³-hybridized carbons (Fsp3) is 0.533. The van der Waals surface area contributed by atoms with Crippen LogP contribution in [-0.4, -0.2) is 25.1 Å². The molecule has 1 aromatic rings. The minimum Gasteiger partial charge on any atom is -0.484 e. The van der Waals surface area contributed by atoms with Crippen LogP contribution in [-0.2, 0) is 4.79 Å². The van der Waals surface area contributed by atoms with Crippen LogP contribution in [0.25, 0.3) is 0 Å². The molecule has 1 fully saturated rings. The number of rotatable bonds is 5. The van der Waals surface area contributed by atoms with Gasteiger partial charge in [-0.3, -0.25) is 4.79 Å². The Kier molecular flexibility index (Phi) is 7.29. The van der Waals surface area contributed by atoms with E-state index in [2.05, 4.69) is 5.32 Å². The van der Waals surface area contributed by atoms with E-state index in [0.29, 0.717) is 23.2 Å². The van der Waals surface area contributed by atoms with Gasteiger partial charge >= 0.3 is 0 Å². The van der Waals surface area contributed by atoms with Crippen LogP contribution in [0.1, 0.15) is 24.8 Å². The number of nitrogens with one attached hydrogen (secondary N) is 1. The van der Waals surface area contributed by atoms with Gasteiger partial charge in [-0.25, -0.2) is 0 Å². The maximum atomic E-state index is 11.9. The molecule has 118 valence electrons. The van der Waals surface area contributed by atoms with Gasteiger partial charge in [0.05, 0.1) is 0 Å². The first-order valence-electron chi connectivity index (χ1n) is 6.98. The molecule has 2 atom stereocenters. The van der Waals surface area contributed by atoms with E-state index in [9.17, 15) is 4.79 Å². The van der Waals surface area contributed by atoms with Crippen molar-refractivity contribution in [2.45, 2.75) is 32.2 Å². The predicted octanol–water partition coefficient (Wildman–Crippen LogP) is 2.69. The molecule has 2 rings (SSSR count). The Morgan fingerprint density at radius 1 is 1.48 bits per heavy atom. The van der Waals surface area contributed by atoms with Crippen molar-refractivity contribution in [2.75, 3.05) is 13.2 Å². The normalized spacial score (nSPS) is 20.7. The molecule has 0 aliphatic heterocycles. The highest BCUT2D eigenvalue weighted by Crippen LogP contribution is 2.24. The van der Waals surface area contributed by atoms with Crippen molar-refractivity contribution in [3.05, 3.63) is 28.8 Å². The minimum atomic E-state index is -0.0945. The zero-order valence-corrected chi connectivity index (χ0v) is 13.7. The van der Waals surface area contributed by atoms with Gasteiger partial charge in [-0.05, 0) is 56.0 Å². The molecule has 21 heavy (non-hydrogen) atoms. The van der Waals surface area contributed by atoms with E-state index >= 15 is 0 Å². The smallest absolute Gasteiger partial charge is 0.258 e. The van der Waals surface area contributed by atoms with Crippen LogP contribution >= 0.6 is 24.0 Å². The molecule has 0 bridgehead atoms. The van der Waals surface area contributed by atoms with E-state index in [1.54, 1.807) is 12.1 Å². The zero-order valence-electron chi connectivity index (χ0n) is 12.1. The third-order valence-corrected chi connectivity index (χ3v) is 4.23. The van der Waals surface area contributed by atoms with Crippen LogP contribution in [0.15, 0.2) is 18.2 Å². The number of amides is 1. The second-order valence-electron chi connectivity index (χ2n) is 5.30. The van der Waals surface area contributed by atoms with Crippen LogP contribution < -0.4 is 15.8 Å². The van der Waals surface area contributed by atoms with Gasteiger partial charge in [0.25, 0.3) is 5.91 Å². The number of aryl methyl sites for hydroxylation is 1. The van der Waals surface area contributed by atoms with Crippen molar-refractivity contribution in [1.82, 2.24) is 5.32 Å². The molecule has 3 N–H and O–H groups in total. The van der Waals surface area contributed by atoms with Crippen molar-refractivity contribution in [2.24, 2.45) is 11.7 Å². The molecule has 0 heterocycles. The van der Waals surface area contributed by atoms with Gasteiger partial charge in [0, 0.05) is 11.1 Å². The summed E-state index contributed by atoms with van der Waals surface area (Å²) in [6.45, 7) is 2.55. The molecule has 0 spiro atoms. The lowest BCUT2D eigenvalue weighted by Crippen LogP contribution is -2.42. The molecular formula is C15H22Cl2N2O2. The van der Waals surface area contributed by atoms with E-state index < -0.39 is 0 Å². The number of carbonyl (C=O) groups is 1. The molecule has 0 saturated heterocycles. The van der Waals surface area contributed by atoms with Crippen molar-refractivity contribution in [1.29, 1.82) is 0 Å². The average Bonchev–Trinajstić information content (AvgIpc) is 2.87. The first-order valence-corrected chi connectivity index (χ1v) is 7.36.